The van der Waals surface area contributed by atoms with Crippen molar-refractivity contribution in [3.63, 3.8) is 0 Å². The van der Waals surface area contributed by atoms with Crippen LogP contribution in [0, 0.1) is 11.8 Å². The van der Waals surface area contributed by atoms with Gasteiger partial charge in [-0.2, -0.15) is 13.6 Å². The van der Waals surface area contributed by atoms with Gasteiger partial charge in [0.05, 0.1) is 12.4 Å². The number of fused-ring (bicyclic) bond motifs is 1. The van der Waals surface area contributed by atoms with Crippen molar-refractivity contribution in [3.05, 3.63) is 16.7 Å². The van der Waals surface area contributed by atoms with Crippen LogP contribution in [0.2, 0.25) is 0 Å². The van der Waals surface area contributed by atoms with Crippen LogP contribution in [0.1, 0.15) is 13.2 Å². The van der Waals surface area contributed by atoms with Gasteiger partial charge in [0.25, 0.3) is 5.56 Å². The van der Waals surface area contributed by atoms with Crippen molar-refractivity contribution in [1.82, 2.24) is 19.5 Å². The third-order valence-corrected chi connectivity index (χ3v) is 8.67. The lowest BCUT2D eigenvalue weighted by Gasteiger charge is -2.28. The van der Waals surface area contributed by atoms with E-state index in [0.717, 1.165) is 17.8 Å². The molecule has 1 aliphatic rings. The average Bonchev–Trinajstić information content (AvgIpc) is 3.23. The lowest BCUT2D eigenvalue weighted by atomic mass is 9.90. The number of H-pyrrole nitrogens is 1. The Balaban J connectivity index is 1.95. The van der Waals surface area contributed by atoms with Crippen LogP contribution in [-0.2, 0) is 31.6 Å². The van der Waals surface area contributed by atoms with Gasteiger partial charge in [-0.15, -0.1) is 0 Å². The summed E-state index contributed by atoms with van der Waals surface area (Å²) < 4.78 is 66.1. The highest BCUT2D eigenvalue weighted by molar-refractivity contribution is 7.66. The maximum Gasteiger partial charge on any atom is 0.490 e. The highest BCUT2D eigenvalue weighted by atomic mass is 31.3. The number of nitrogens with zero attached hydrogens (tertiary/aromatic N) is 3. The van der Waals surface area contributed by atoms with Gasteiger partial charge in [0, 0.05) is 0 Å². The Morgan fingerprint density at radius 1 is 1.30 bits per heavy atom. The second-order valence-electron chi connectivity index (χ2n) is 7.44. The first-order valence-corrected chi connectivity index (χ1v) is 14.1. The largest absolute Gasteiger partial charge is 0.490 e. The zero-order chi connectivity index (χ0) is 28.0. The first-order valence-electron chi connectivity index (χ1n) is 9.62. The first-order chi connectivity index (χ1) is 16.9. The fraction of sp³-hybridized carbons (Fsp3) is 0.500. The van der Waals surface area contributed by atoms with E-state index in [1.54, 1.807) is 0 Å². The smallest absolute Gasteiger partial charge is 0.387 e. The highest BCUT2D eigenvalue weighted by Crippen LogP contribution is 2.66. The average molecular weight is 592 g/mol. The molecule has 1 fully saturated rings. The van der Waals surface area contributed by atoms with Crippen molar-refractivity contribution in [1.29, 1.82) is 0 Å². The molecule has 2 aromatic rings. The Morgan fingerprint density at radius 3 is 2.54 bits per heavy atom. The molecule has 2 aromatic heterocycles. The number of ether oxygens (including phenoxy) is 1. The van der Waals surface area contributed by atoms with E-state index in [2.05, 4.69) is 34.0 Å². The van der Waals surface area contributed by atoms with Crippen LogP contribution in [-0.4, -0.2) is 74.7 Å². The summed E-state index contributed by atoms with van der Waals surface area (Å²) in [6.07, 6.45) is -5.90. The number of halogens is 1. The van der Waals surface area contributed by atoms with Crippen LogP contribution in [0.15, 0.2) is 11.1 Å². The van der Waals surface area contributed by atoms with E-state index in [1.807, 2.05) is 5.92 Å². The number of aromatic nitrogens is 4. The highest BCUT2D eigenvalue weighted by Gasteiger charge is 2.57. The molecule has 1 saturated heterocycles. The van der Waals surface area contributed by atoms with Crippen molar-refractivity contribution < 1.29 is 60.6 Å². The zero-order valence-electron chi connectivity index (χ0n) is 18.3. The Morgan fingerprint density at radius 2 is 1.95 bits per heavy atom. The van der Waals surface area contributed by atoms with Crippen molar-refractivity contribution in [3.8, 4) is 11.8 Å². The van der Waals surface area contributed by atoms with Gasteiger partial charge < -0.3 is 40.9 Å². The van der Waals surface area contributed by atoms with Gasteiger partial charge in [-0.25, -0.2) is 23.1 Å². The molecule has 3 unspecified atom stereocenters. The standard InChI is InChI=1S/C14H20FN6O13P3/c1-6(32-36(27,28)34-37(29,30)33-35(24,25)26)8-9(22)14(17,3-2-4-15)12(31-8)21-5-18-7-10(21)19-13(16)20-11(7)23/h5-6,8-9,12,22H,4,17H2,1H3,(H,27,28)(H,29,30)(H2,24,25,26)(H3,16,19,20,23)/t6-,8+,9-,12+,14?/m0/s1. The van der Waals surface area contributed by atoms with Crippen LogP contribution >= 0.6 is 23.5 Å². The van der Waals surface area contributed by atoms with Gasteiger partial charge >= 0.3 is 23.5 Å². The molecule has 23 heteroatoms. The van der Waals surface area contributed by atoms with Crippen molar-refractivity contribution >= 4 is 40.6 Å². The predicted molar refractivity (Wildman–Crippen MR) is 118 cm³/mol. The molecule has 0 amide bonds. The van der Waals surface area contributed by atoms with Crippen molar-refractivity contribution in [2.75, 3.05) is 12.4 Å². The molecule has 3 rings (SSSR count). The number of nitrogens with one attached hydrogen (secondary N) is 1. The van der Waals surface area contributed by atoms with E-state index in [0.29, 0.717) is 0 Å². The molecule has 7 atom stereocenters. The van der Waals surface area contributed by atoms with Gasteiger partial charge in [0.1, 0.15) is 18.9 Å². The van der Waals surface area contributed by atoms with E-state index in [9.17, 15) is 37.8 Å². The number of phosphoric acid groups is 3. The molecule has 37 heavy (non-hydrogen) atoms. The normalized spacial score (nSPS) is 28.3. The van der Waals surface area contributed by atoms with Gasteiger partial charge in [0.15, 0.2) is 22.9 Å². The lowest BCUT2D eigenvalue weighted by molar-refractivity contribution is -0.0733. The van der Waals surface area contributed by atoms with Gasteiger partial charge in [-0.05, 0) is 6.92 Å². The summed E-state index contributed by atoms with van der Waals surface area (Å²) in [4.78, 5) is 58.4. The molecule has 0 spiro atoms. The summed E-state index contributed by atoms with van der Waals surface area (Å²) in [5.74, 6) is 3.98. The second kappa shape index (κ2) is 10.2. The van der Waals surface area contributed by atoms with Crippen LogP contribution < -0.4 is 17.0 Å². The third kappa shape index (κ3) is 6.50. The van der Waals surface area contributed by atoms with Crippen LogP contribution in [0.5, 0.6) is 0 Å². The quantitative estimate of drug-likeness (QED) is 0.126. The number of nitrogens with two attached hydrogens (primary N) is 2. The monoisotopic (exact) mass is 592 g/mol. The van der Waals surface area contributed by atoms with E-state index in [1.165, 1.54) is 0 Å². The number of hydrogen-bond donors (Lipinski definition) is 8. The molecule has 10 N–H and O–H groups in total. The second-order valence-corrected chi connectivity index (χ2v) is 11.8. The van der Waals surface area contributed by atoms with Crippen LogP contribution in [0.25, 0.3) is 11.2 Å². The minimum absolute atomic E-state index is 0.184. The molecular formula is C14H20FN6O13P3. The molecule has 1 aliphatic heterocycles. The number of rotatable bonds is 8. The SMILES string of the molecule is C[C@H](OP(=O)(O)OP(=O)(O)OP(=O)(O)O)[C@H]1O[C@@H](n2cnc3c(=O)[nH]c(N)nc32)C(N)(C#CCF)[C@H]1O. The summed E-state index contributed by atoms with van der Waals surface area (Å²) in [5, 5.41) is 10.9. The molecule has 3 heterocycles. The van der Waals surface area contributed by atoms with Crippen LogP contribution in [0.3, 0.4) is 0 Å². The summed E-state index contributed by atoms with van der Waals surface area (Å²) in [6, 6.07) is 0. The molecule has 0 bridgehead atoms. The fourth-order valence-corrected chi connectivity index (χ4v) is 6.62. The summed E-state index contributed by atoms with van der Waals surface area (Å²) in [6.45, 7) is -0.180. The third-order valence-electron chi connectivity index (χ3n) is 4.75. The number of aliphatic hydroxyl groups excluding tert-OH is 1. The number of nitrogen functional groups attached to an aromatic ring is 1. The number of imidazole rings is 1. The van der Waals surface area contributed by atoms with E-state index < -0.39 is 65.8 Å². The molecule has 19 nitrogen and oxygen atoms in total. The van der Waals surface area contributed by atoms with Gasteiger partial charge in [-0.3, -0.25) is 18.9 Å². The van der Waals surface area contributed by atoms with E-state index in [4.69, 9.17) is 26.0 Å². The van der Waals surface area contributed by atoms with Gasteiger partial charge in [0.2, 0.25) is 5.95 Å². The number of phosphoric ester groups is 1. The minimum atomic E-state index is -5.83. The molecule has 0 radical (unpaired) electrons. The molecular weight excluding hydrogens is 572 g/mol. The Kier molecular flexibility index (Phi) is 8.16. The summed E-state index contributed by atoms with van der Waals surface area (Å²) in [7, 11) is -17.1. The van der Waals surface area contributed by atoms with Crippen molar-refractivity contribution in [2.45, 2.75) is 37.0 Å². The number of anilines is 1. The summed E-state index contributed by atoms with van der Waals surface area (Å²) in [5.41, 5.74) is 8.46. The Labute approximate surface area is 205 Å². The Hall–Kier alpha value is -2.07. The van der Waals surface area contributed by atoms with E-state index >= 15 is 0 Å². The van der Waals surface area contributed by atoms with Crippen LogP contribution in [0.4, 0.5) is 10.3 Å². The molecule has 206 valence electrons. The van der Waals surface area contributed by atoms with Gasteiger partial charge in [-0.1, -0.05) is 11.8 Å². The number of aromatic amines is 1. The predicted octanol–water partition coefficient (Wildman–Crippen LogP) is -1.64. The fourth-order valence-electron chi connectivity index (χ4n) is 3.42. The lowest BCUT2D eigenvalue weighted by Crippen LogP contribution is -2.54. The molecule has 0 aliphatic carbocycles. The zero-order valence-corrected chi connectivity index (χ0v) is 21.0. The summed E-state index contributed by atoms with van der Waals surface area (Å²) >= 11 is 0. The number of hydrogen-bond acceptors (Lipinski definition) is 13. The van der Waals surface area contributed by atoms with E-state index in [-0.39, 0.29) is 17.1 Å². The topological polar surface area (TPSA) is 305 Å². The Bertz CT molecular complexity index is 1450. The first kappa shape index (κ1) is 29.5. The number of alkyl halides is 1. The number of aliphatic hydroxyl groups is 1. The maximum atomic E-state index is 12.9. The maximum absolute atomic E-state index is 12.9. The molecule has 0 aromatic carbocycles. The molecule has 0 saturated carbocycles. The minimum Gasteiger partial charge on any atom is -0.387 e. The van der Waals surface area contributed by atoms with Crippen molar-refractivity contribution in [2.24, 2.45) is 5.73 Å².